The van der Waals surface area contributed by atoms with Gasteiger partial charge in [-0.1, -0.05) is 105 Å². The Bertz CT molecular complexity index is 3730. The second kappa shape index (κ2) is 16.1. The summed E-state index contributed by atoms with van der Waals surface area (Å²) >= 11 is 0. The van der Waals surface area contributed by atoms with Crippen LogP contribution in [0.3, 0.4) is 0 Å². The Labute approximate surface area is 409 Å². The summed E-state index contributed by atoms with van der Waals surface area (Å²) < 4.78 is 11.6. The van der Waals surface area contributed by atoms with Crippen molar-refractivity contribution in [2.24, 2.45) is 0 Å². The van der Waals surface area contributed by atoms with Gasteiger partial charge in [-0.15, -0.1) is 0 Å². The van der Waals surface area contributed by atoms with Crippen LogP contribution in [0, 0.1) is 22.7 Å². The highest BCUT2D eigenvalue weighted by atomic mass is 16.5. The van der Waals surface area contributed by atoms with Crippen LogP contribution in [0.5, 0.6) is 11.5 Å². The Kier molecular flexibility index (Phi) is 10.2. The number of rotatable bonds is 6. The third-order valence-corrected chi connectivity index (χ3v) is 13.9. The van der Waals surface area contributed by atoms with E-state index in [4.69, 9.17) is 9.72 Å². The van der Waals surface area contributed by atoms with Crippen LogP contribution in [0.15, 0.2) is 158 Å². The summed E-state index contributed by atoms with van der Waals surface area (Å²) in [6, 6.07) is 57.4. The molecule has 1 aliphatic heterocycles. The molecule has 344 valence electrons. The predicted octanol–water partition coefficient (Wildman–Crippen LogP) is 16.0. The molecular weight excluding hydrogens is 859 g/mol. The molecule has 0 spiro atoms. The van der Waals surface area contributed by atoms with E-state index in [-0.39, 0.29) is 16.2 Å². The highest BCUT2D eigenvalue weighted by molar-refractivity contribution is 6.17. The third kappa shape index (κ3) is 7.48. The molecule has 10 aromatic rings. The largest absolute Gasteiger partial charge is 0.457 e. The lowest BCUT2D eigenvalue weighted by molar-refractivity contribution is 0.483. The van der Waals surface area contributed by atoms with Gasteiger partial charge >= 0.3 is 0 Å². The molecular formula is C62H55N7O. The Morgan fingerprint density at radius 1 is 0.457 bits per heavy atom. The van der Waals surface area contributed by atoms with E-state index in [0.717, 1.165) is 72.2 Å². The molecule has 1 aliphatic rings. The van der Waals surface area contributed by atoms with Crippen molar-refractivity contribution in [3.8, 4) is 35.1 Å². The van der Waals surface area contributed by atoms with E-state index in [9.17, 15) is 10.5 Å². The third-order valence-electron chi connectivity index (χ3n) is 13.9. The molecule has 0 aliphatic carbocycles. The topological polar surface area (TPSA) is 86.0 Å². The summed E-state index contributed by atoms with van der Waals surface area (Å²) in [5, 5.41) is 23.9. The molecule has 0 atom stereocenters. The van der Waals surface area contributed by atoms with E-state index < -0.39 is 0 Å². The van der Waals surface area contributed by atoms with Gasteiger partial charge in [-0.3, -0.25) is 4.57 Å². The van der Waals surface area contributed by atoms with Crippen molar-refractivity contribution in [3.63, 3.8) is 0 Å². The van der Waals surface area contributed by atoms with Crippen LogP contribution >= 0.6 is 0 Å². The van der Waals surface area contributed by atoms with Crippen LogP contribution in [-0.4, -0.2) is 20.8 Å². The predicted molar refractivity (Wildman–Crippen MR) is 287 cm³/mol. The molecule has 0 radical (unpaired) electrons. The number of benzene rings is 7. The fourth-order valence-electron chi connectivity index (χ4n) is 10.1. The number of ether oxygens (including phenoxy) is 1. The maximum Gasteiger partial charge on any atom is 0.137 e. The van der Waals surface area contributed by atoms with E-state index in [1.807, 2.05) is 48.7 Å². The van der Waals surface area contributed by atoms with Gasteiger partial charge in [0.15, 0.2) is 0 Å². The lowest BCUT2D eigenvalue weighted by Crippen LogP contribution is -2.25. The van der Waals surface area contributed by atoms with Crippen molar-refractivity contribution >= 4 is 66.4 Å². The normalized spacial score (nSPS) is 13.1. The Balaban J connectivity index is 1.10. The SMILES string of the molecule is CC(C)(C)c1cc(N2CN(c3cccc(Oc4cc(-n5c6ccc(C#N)cc6c6cc(C#N)ccc65)c5c6ccccc6n(-c6cc(C(C)(C)C)ccn6)c5c4)c3)c3ccccc32)cc(C(C)(C)C)c1. The first-order valence-electron chi connectivity index (χ1n) is 24.0. The Hall–Kier alpha value is -8.33. The monoisotopic (exact) mass is 913 g/mol. The maximum atomic E-state index is 10.0. The fourth-order valence-corrected chi connectivity index (χ4v) is 10.1. The van der Waals surface area contributed by atoms with Gasteiger partial charge in [0.2, 0.25) is 0 Å². The molecule has 4 heterocycles. The van der Waals surface area contributed by atoms with Crippen LogP contribution in [0.1, 0.15) is 90.1 Å². The lowest BCUT2D eigenvalue weighted by atomic mass is 9.80. The number of para-hydroxylation sites is 3. The van der Waals surface area contributed by atoms with Crippen molar-refractivity contribution < 1.29 is 4.74 Å². The smallest absolute Gasteiger partial charge is 0.137 e. The van der Waals surface area contributed by atoms with E-state index in [1.54, 1.807) is 0 Å². The number of pyridine rings is 1. The average molecular weight is 914 g/mol. The fraction of sp³-hybridized carbons (Fsp3) is 0.210. The highest BCUT2D eigenvalue weighted by Gasteiger charge is 2.31. The first kappa shape index (κ1) is 44.2. The zero-order chi connectivity index (χ0) is 48.9. The van der Waals surface area contributed by atoms with Crippen LogP contribution in [0.25, 0.3) is 55.1 Å². The molecule has 0 N–H and O–H groups in total. The molecule has 0 amide bonds. The quantitative estimate of drug-likeness (QED) is 0.165. The van der Waals surface area contributed by atoms with E-state index in [2.05, 4.69) is 203 Å². The van der Waals surface area contributed by atoms with Gasteiger partial charge in [0.05, 0.1) is 62.4 Å². The molecule has 7 aromatic carbocycles. The van der Waals surface area contributed by atoms with Crippen LogP contribution in [-0.2, 0) is 16.2 Å². The van der Waals surface area contributed by atoms with Crippen LogP contribution < -0.4 is 14.5 Å². The molecule has 8 heteroatoms. The van der Waals surface area contributed by atoms with Crippen molar-refractivity contribution in [3.05, 3.63) is 186 Å². The van der Waals surface area contributed by atoms with Gasteiger partial charge in [-0.25, -0.2) is 4.98 Å². The standard InChI is InChI=1S/C62H55N7O/c1-60(2,3)41-25-26-65-58(32-41)69-51-18-11-10-17-48(51)59-56(68-52-23-21-39(36-63)27-49(52)50-28-40(37-64)22-24-53(50)68)34-47(35-57(59)69)70-46-16-14-15-44(33-46)66-38-67(55-20-13-12-19-54(55)66)45-30-42(61(4,5)6)29-43(31-45)62(7,8)9/h10-35H,38H2,1-9H3. The highest BCUT2D eigenvalue weighted by Crippen LogP contribution is 2.48. The number of hydrogen-bond donors (Lipinski definition) is 0. The average Bonchev–Trinajstić information content (AvgIpc) is 4.00. The summed E-state index contributed by atoms with van der Waals surface area (Å²) in [7, 11) is 0. The summed E-state index contributed by atoms with van der Waals surface area (Å²) in [6.45, 7) is 21.0. The minimum atomic E-state index is -0.104. The summed E-state index contributed by atoms with van der Waals surface area (Å²) in [5.41, 5.74) is 13.9. The van der Waals surface area contributed by atoms with E-state index >= 15 is 0 Å². The minimum Gasteiger partial charge on any atom is -0.457 e. The second-order valence-electron chi connectivity index (χ2n) is 21.7. The van der Waals surface area contributed by atoms with Gasteiger partial charge in [0.1, 0.15) is 24.0 Å². The molecule has 70 heavy (non-hydrogen) atoms. The molecule has 0 fully saturated rings. The number of nitriles is 2. The van der Waals surface area contributed by atoms with Gasteiger partial charge in [-0.05, 0) is 124 Å². The molecule has 0 unspecified atom stereocenters. The van der Waals surface area contributed by atoms with Gasteiger partial charge in [-0.2, -0.15) is 10.5 Å². The zero-order valence-electron chi connectivity index (χ0n) is 41.3. The molecule has 3 aromatic heterocycles. The Morgan fingerprint density at radius 3 is 1.66 bits per heavy atom. The number of anilines is 4. The molecule has 11 rings (SSSR count). The molecule has 0 bridgehead atoms. The number of nitrogens with zero attached hydrogens (tertiary/aromatic N) is 7. The number of fused-ring (bicyclic) bond motifs is 7. The van der Waals surface area contributed by atoms with Gasteiger partial charge < -0.3 is 19.1 Å². The summed E-state index contributed by atoms with van der Waals surface area (Å²) in [5.74, 6) is 2.15. The Morgan fingerprint density at radius 2 is 1.04 bits per heavy atom. The summed E-state index contributed by atoms with van der Waals surface area (Å²) in [6.07, 6.45) is 1.90. The first-order valence-corrected chi connectivity index (χ1v) is 24.0. The van der Waals surface area contributed by atoms with Crippen LogP contribution in [0.4, 0.5) is 22.7 Å². The van der Waals surface area contributed by atoms with E-state index in [0.29, 0.717) is 29.3 Å². The molecule has 0 saturated carbocycles. The van der Waals surface area contributed by atoms with E-state index in [1.165, 1.54) is 22.4 Å². The number of hydrogen-bond acceptors (Lipinski definition) is 6. The van der Waals surface area contributed by atoms with Gasteiger partial charge in [0, 0.05) is 57.3 Å². The first-order chi connectivity index (χ1) is 33.5. The van der Waals surface area contributed by atoms with Crippen molar-refractivity contribution in [2.75, 3.05) is 16.5 Å². The number of aromatic nitrogens is 3. The van der Waals surface area contributed by atoms with Crippen LogP contribution in [0.2, 0.25) is 0 Å². The second-order valence-corrected chi connectivity index (χ2v) is 21.7. The van der Waals surface area contributed by atoms with Gasteiger partial charge in [0.25, 0.3) is 0 Å². The molecule has 8 nitrogen and oxygen atoms in total. The molecule has 0 saturated heterocycles. The van der Waals surface area contributed by atoms with Crippen molar-refractivity contribution in [1.82, 2.24) is 14.1 Å². The maximum absolute atomic E-state index is 10.0. The van der Waals surface area contributed by atoms with Crippen molar-refractivity contribution in [2.45, 2.75) is 78.6 Å². The zero-order valence-corrected chi connectivity index (χ0v) is 41.3. The van der Waals surface area contributed by atoms with Crippen molar-refractivity contribution in [1.29, 1.82) is 10.5 Å². The minimum absolute atomic E-state index is 0.0196. The lowest BCUT2D eigenvalue weighted by Gasteiger charge is -2.29. The summed E-state index contributed by atoms with van der Waals surface area (Å²) in [4.78, 5) is 9.82.